The van der Waals surface area contributed by atoms with Crippen LogP contribution in [0.4, 0.5) is 0 Å². The van der Waals surface area contributed by atoms with Gasteiger partial charge >= 0.3 is 0 Å². The summed E-state index contributed by atoms with van der Waals surface area (Å²) in [6.07, 6.45) is 5.93. The van der Waals surface area contributed by atoms with Crippen LogP contribution >= 0.6 is 0 Å². The van der Waals surface area contributed by atoms with E-state index in [1.54, 1.807) is 18.1 Å². The first-order valence-corrected chi connectivity index (χ1v) is 15.4. The molecule has 2 unspecified atom stereocenters. The van der Waals surface area contributed by atoms with E-state index in [4.69, 9.17) is 4.74 Å². The minimum atomic E-state index is -0.808. The van der Waals surface area contributed by atoms with Gasteiger partial charge in [0.15, 0.2) is 5.78 Å². The van der Waals surface area contributed by atoms with E-state index in [1.165, 1.54) is 6.08 Å². The molecule has 3 N–H and O–H groups in total. The number of ether oxygens (including phenoxy) is 1. The number of benzene rings is 1. The van der Waals surface area contributed by atoms with Crippen LogP contribution in [-0.2, 0) is 14.4 Å². The Morgan fingerprint density at radius 1 is 1.12 bits per heavy atom. The van der Waals surface area contributed by atoms with E-state index in [0.29, 0.717) is 18.0 Å². The molecule has 9 nitrogen and oxygen atoms in total. The van der Waals surface area contributed by atoms with E-state index in [2.05, 4.69) is 22.2 Å². The molecule has 0 radical (unpaired) electrons. The van der Waals surface area contributed by atoms with Gasteiger partial charge in [-0.05, 0) is 59.8 Å². The summed E-state index contributed by atoms with van der Waals surface area (Å²) in [5.74, 6) is -0.652. The molecule has 3 amide bonds. The third-order valence-corrected chi connectivity index (χ3v) is 9.69. The first-order chi connectivity index (χ1) is 20.2. The number of rotatable bonds is 9. The van der Waals surface area contributed by atoms with Gasteiger partial charge in [0.2, 0.25) is 11.8 Å². The zero-order chi connectivity index (χ0) is 31.7. The fraction of sp³-hybridized carbons (Fsp3) is 0.588. The molecule has 1 aliphatic heterocycles. The Kier molecular flexibility index (Phi) is 9.42. The molecular formula is C34H48N4O5. The lowest BCUT2D eigenvalue weighted by atomic mass is 9.76. The number of hydrogen-bond donors (Lipinski definition) is 3. The quantitative estimate of drug-likeness (QED) is 0.354. The maximum absolute atomic E-state index is 14.5. The van der Waals surface area contributed by atoms with Crippen LogP contribution < -0.4 is 15.4 Å². The highest BCUT2D eigenvalue weighted by Crippen LogP contribution is 2.42. The van der Waals surface area contributed by atoms with Gasteiger partial charge in [0.25, 0.3) is 5.91 Å². The lowest BCUT2D eigenvalue weighted by Gasteiger charge is -2.38. The molecule has 1 aromatic carbocycles. The maximum Gasteiger partial charge on any atom is 0.268 e. The molecular weight excluding hydrogens is 544 g/mol. The number of aromatic amines is 1. The summed E-state index contributed by atoms with van der Waals surface area (Å²) in [5.41, 5.74) is -0.00735. The van der Waals surface area contributed by atoms with Crippen molar-refractivity contribution in [3.63, 3.8) is 0 Å². The average Bonchev–Trinajstić information content (AvgIpc) is 3.51. The van der Waals surface area contributed by atoms with Crippen molar-refractivity contribution >= 4 is 34.4 Å². The van der Waals surface area contributed by atoms with Crippen molar-refractivity contribution < 1.29 is 23.9 Å². The molecule has 2 fully saturated rings. The van der Waals surface area contributed by atoms with E-state index in [0.717, 1.165) is 43.0 Å². The molecule has 0 bridgehead atoms. The van der Waals surface area contributed by atoms with Gasteiger partial charge in [0, 0.05) is 17.4 Å². The lowest BCUT2D eigenvalue weighted by Crippen LogP contribution is -2.60. The monoisotopic (exact) mass is 592 g/mol. The van der Waals surface area contributed by atoms with Gasteiger partial charge in [-0.1, -0.05) is 73.5 Å². The Morgan fingerprint density at radius 3 is 2.40 bits per heavy atom. The Hall–Kier alpha value is -3.62. The number of ketones is 1. The van der Waals surface area contributed by atoms with E-state index in [1.807, 2.05) is 59.7 Å². The normalized spacial score (nSPS) is 22.1. The van der Waals surface area contributed by atoms with Crippen LogP contribution in [0.15, 0.2) is 36.9 Å². The van der Waals surface area contributed by atoms with Gasteiger partial charge < -0.3 is 25.3 Å². The summed E-state index contributed by atoms with van der Waals surface area (Å²) in [6, 6.07) is 4.92. The zero-order valence-corrected chi connectivity index (χ0v) is 26.7. The number of amides is 3. The molecule has 2 aliphatic rings. The van der Waals surface area contributed by atoms with Crippen LogP contribution in [0, 0.1) is 22.7 Å². The maximum atomic E-state index is 14.5. The molecule has 1 aliphatic carbocycles. The molecule has 1 aromatic heterocycles. The highest BCUT2D eigenvalue weighted by molar-refractivity contribution is 6.02. The number of carbonyl (C=O) groups excluding carboxylic acids is 4. The lowest BCUT2D eigenvalue weighted by molar-refractivity contribution is -0.144. The van der Waals surface area contributed by atoms with Crippen molar-refractivity contribution in [1.29, 1.82) is 0 Å². The first kappa shape index (κ1) is 32.3. The number of methoxy groups -OCH3 is 1. The van der Waals surface area contributed by atoms with Gasteiger partial charge in [0.1, 0.15) is 23.5 Å². The SMILES string of the molecule is C=CC(=O)C(NC(=O)[C@H]1N(C(=O)C(NC(=O)c2cc3c(OC)cccc3[nH]2)C2CCCCC2)C[C@@H](C)C1(C)C)C(C)(C)C. The summed E-state index contributed by atoms with van der Waals surface area (Å²) in [7, 11) is 1.58. The molecule has 1 saturated heterocycles. The van der Waals surface area contributed by atoms with Crippen molar-refractivity contribution in [1.82, 2.24) is 20.5 Å². The van der Waals surface area contributed by atoms with E-state index >= 15 is 0 Å². The number of hydrogen-bond acceptors (Lipinski definition) is 5. The number of fused-ring (bicyclic) bond motifs is 1. The largest absolute Gasteiger partial charge is 0.496 e. The predicted octanol–water partition coefficient (Wildman–Crippen LogP) is 5.01. The molecule has 4 rings (SSSR count). The smallest absolute Gasteiger partial charge is 0.268 e. The fourth-order valence-corrected chi connectivity index (χ4v) is 6.73. The van der Waals surface area contributed by atoms with Gasteiger partial charge in [-0.15, -0.1) is 0 Å². The second kappa shape index (κ2) is 12.5. The van der Waals surface area contributed by atoms with Gasteiger partial charge in [0.05, 0.1) is 13.2 Å². The number of nitrogens with one attached hydrogen (secondary N) is 3. The molecule has 9 heteroatoms. The predicted molar refractivity (Wildman–Crippen MR) is 168 cm³/mol. The number of nitrogens with zero attached hydrogens (tertiary/aromatic N) is 1. The summed E-state index contributed by atoms with van der Waals surface area (Å²) in [6.45, 7) is 15.7. The Morgan fingerprint density at radius 2 is 1.79 bits per heavy atom. The average molecular weight is 593 g/mol. The Bertz CT molecular complexity index is 1380. The number of carbonyl (C=O) groups is 4. The third-order valence-electron chi connectivity index (χ3n) is 9.69. The summed E-state index contributed by atoms with van der Waals surface area (Å²) < 4.78 is 5.46. The first-order valence-electron chi connectivity index (χ1n) is 15.4. The minimum absolute atomic E-state index is 0.0132. The molecule has 43 heavy (non-hydrogen) atoms. The number of H-pyrrole nitrogens is 1. The summed E-state index contributed by atoms with van der Waals surface area (Å²) in [4.78, 5) is 59.8. The Balaban J connectivity index is 1.66. The van der Waals surface area contributed by atoms with Crippen LogP contribution in [0.1, 0.15) is 84.1 Å². The van der Waals surface area contributed by atoms with Gasteiger partial charge in [-0.3, -0.25) is 19.2 Å². The van der Waals surface area contributed by atoms with Crippen LogP contribution in [0.5, 0.6) is 5.75 Å². The van der Waals surface area contributed by atoms with E-state index in [-0.39, 0.29) is 35.3 Å². The fourth-order valence-electron chi connectivity index (χ4n) is 6.73. The molecule has 4 atom stereocenters. The second-order valence-electron chi connectivity index (χ2n) is 14.0. The highest BCUT2D eigenvalue weighted by Gasteiger charge is 2.53. The molecule has 1 saturated carbocycles. The van der Waals surface area contributed by atoms with Crippen LogP contribution in [0.25, 0.3) is 10.9 Å². The highest BCUT2D eigenvalue weighted by atomic mass is 16.5. The minimum Gasteiger partial charge on any atom is -0.496 e. The topological polar surface area (TPSA) is 121 Å². The van der Waals surface area contributed by atoms with E-state index < -0.39 is 29.0 Å². The molecule has 234 valence electrons. The van der Waals surface area contributed by atoms with Crippen molar-refractivity contribution in [2.45, 2.75) is 91.8 Å². The molecule has 2 aromatic rings. The van der Waals surface area contributed by atoms with Crippen molar-refractivity contribution in [3.8, 4) is 5.75 Å². The number of aromatic nitrogens is 1. The van der Waals surface area contributed by atoms with Crippen molar-refractivity contribution in [2.24, 2.45) is 22.7 Å². The number of likely N-dealkylation sites (tertiary alicyclic amines) is 1. The van der Waals surface area contributed by atoms with Gasteiger partial charge in [-0.25, -0.2) is 0 Å². The summed E-state index contributed by atoms with van der Waals surface area (Å²) >= 11 is 0. The Labute approximate surface area is 255 Å². The van der Waals surface area contributed by atoms with Crippen molar-refractivity contribution in [3.05, 3.63) is 42.6 Å². The standard InChI is InChI=1S/C34H48N4O5/c1-9-25(39)28(33(3,4)5)37-31(41)29-34(6,7)20(2)19-38(29)32(42)27(21-14-11-10-12-15-21)36-30(40)24-18-22-23(35-24)16-13-17-26(22)43-8/h9,13,16-18,20-21,27-29,35H,1,10-12,14-15,19H2,2-8H3,(H,36,40)(H,37,41)/t20-,27?,28?,29-/m1/s1. The molecule has 2 heterocycles. The third kappa shape index (κ3) is 6.50. The van der Waals surface area contributed by atoms with Gasteiger partial charge in [-0.2, -0.15) is 0 Å². The van der Waals surface area contributed by atoms with E-state index in [9.17, 15) is 19.2 Å². The van der Waals surface area contributed by atoms with Crippen LogP contribution in [0.3, 0.4) is 0 Å². The van der Waals surface area contributed by atoms with Crippen LogP contribution in [-0.4, -0.2) is 65.2 Å². The molecule has 0 spiro atoms. The second-order valence-corrected chi connectivity index (χ2v) is 14.0. The summed E-state index contributed by atoms with van der Waals surface area (Å²) in [5, 5.41) is 6.82. The van der Waals surface area contributed by atoms with Crippen molar-refractivity contribution in [2.75, 3.05) is 13.7 Å². The van der Waals surface area contributed by atoms with Crippen LogP contribution in [0.2, 0.25) is 0 Å². The zero-order valence-electron chi connectivity index (χ0n) is 26.7.